The summed E-state index contributed by atoms with van der Waals surface area (Å²) in [4.78, 5) is 12.3. The highest BCUT2D eigenvalue weighted by molar-refractivity contribution is 5.77. The summed E-state index contributed by atoms with van der Waals surface area (Å²) in [5.74, 6) is -0.0531. The third kappa shape index (κ3) is 2.79. The summed E-state index contributed by atoms with van der Waals surface area (Å²) in [5, 5.41) is 0. The summed E-state index contributed by atoms with van der Waals surface area (Å²) in [6, 6.07) is 0. The number of esters is 1. The fraction of sp³-hybridized carbons (Fsp3) is 0.933. The maximum Gasteiger partial charge on any atom is 0.312 e. The first kappa shape index (κ1) is 13.4. The molecule has 3 aliphatic rings. The standard InChI is InChI=1S/C15H24O4/c1-4-10-12(18-10)7-9(2)17-14(16)15(3)6-5-11-13(8-15)19-11/h9-13H,4-8H2,1-3H3. The molecular weight excluding hydrogens is 244 g/mol. The van der Waals surface area contributed by atoms with Crippen molar-refractivity contribution in [1.29, 1.82) is 0 Å². The first-order valence-corrected chi connectivity index (χ1v) is 7.54. The Hall–Kier alpha value is -0.610. The van der Waals surface area contributed by atoms with Crippen LogP contribution >= 0.6 is 0 Å². The van der Waals surface area contributed by atoms with E-state index in [1.165, 1.54) is 0 Å². The normalized spacial score (nSPS) is 45.2. The van der Waals surface area contributed by atoms with Gasteiger partial charge in [-0.2, -0.15) is 0 Å². The molecule has 6 atom stereocenters. The molecule has 3 fully saturated rings. The molecule has 6 unspecified atom stereocenters. The van der Waals surface area contributed by atoms with Crippen molar-refractivity contribution in [3.05, 3.63) is 0 Å². The number of fused-ring (bicyclic) bond motifs is 1. The molecule has 0 aromatic rings. The van der Waals surface area contributed by atoms with E-state index in [1.807, 2.05) is 13.8 Å². The van der Waals surface area contributed by atoms with Crippen molar-refractivity contribution in [3.63, 3.8) is 0 Å². The van der Waals surface area contributed by atoms with E-state index in [0.29, 0.717) is 24.4 Å². The number of rotatable bonds is 5. The smallest absolute Gasteiger partial charge is 0.312 e. The van der Waals surface area contributed by atoms with E-state index in [-0.39, 0.29) is 17.5 Å². The van der Waals surface area contributed by atoms with Gasteiger partial charge in [0.2, 0.25) is 0 Å². The van der Waals surface area contributed by atoms with E-state index >= 15 is 0 Å². The molecule has 19 heavy (non-hydrogen) atoms. The third-order valence-electron chi connectivity index (χ3n) is 4.78. The first-order chi connectivity index (χ1) is 9.01. The Morgan fingerprint density at radius 3 is 2.79 bits per heavy atom. The fourth-order valence-corrected chi connectivity index (χ4v) is 3.25. The summed E-state index contributed by atoms with van der Waals surface area (Å²) in [6.45, 7) is 6.10. The first-order valence-electron chi connectivity index (χ1n) is 7.54. The maximum absolute atomic E-state index is 12.3. The van der Waals surface area contributed by atoms with Gasteiger partial charge in [0, 0.05) is 6.42 Å². The van der Waals surface area contributed by atoms with Crippen LogP contribution in [0.5, 0.6) is 0 Å². The largest absolute Gasteiger partial charge is 0.462 e. The van der Waals surface area contributed by atoms with Crippen molar-refractivity contribution in [2.75, 3.05) is 0 Å². The van der Waals surface area contributed by atoms with Crippen LogP contribution in [0, 0.1) is 5.41 Å². The predicted octanol–water partition coefficient (Wildman–Crippen LogP) is 2.44. The zero-order chi connectivity index (χ0) is 13.6. The molecule has 1 aliphatic carbocycles. The molecule has 2 aliphatic heterocycles. The Labute approximate surface area is 114 Å². The minimum Gasteiger partial charge on any atom is -0.462 e. The molecule has 108 valence electrons. The van der Waals surface area contributed by atoms with Crippen LogP contribution in [0.4, 0.5) is 0 Å². The van der Waals surface area contributed by atoms with Crippen molar-refractivity contribution in [2.45, 2.75) is 83.4 Å². The number of hydrogen-bond acceptors (Lipinski definition) is 4. The molecule has 2 saturated heterocycles. The lowest BCUT2D eigenvalue weighted by molar-refractivity contribution is -0.161. The quantitative estimate of drug-likeness (QED) is 0.567. The highest BCUT2D eigenvalue weighted by atomic mass is 16.6. The molecule has 0 aromatic carbocycles. The van der Waals surface area contributed by atoms with Gasteiger partial charge in [-0.25, -0.2) is 0 Å². The van der Waals surface area contributed by atoms with Crippen LogP contribution in [-0.4, -0.2) is 36.5 Å². The van der Waals surface area contributed by atoms with Crippen LogP contribution in [0.2, 0.25) is 0 Å². The van der Waals surface area contributed by atoms with Crippen LogP contribution in [0.3, 0.4) is 0 Å². The van der Waals surface area contributed by atoms with Crippen molar-refractivity contribution < 1.29 is 19.0 Å². The summed E-state index contributed by atoms with van der Waals surface area (Å²) in [5.41, 5.74) is -0.347. The van der Waals surface area contributed by atoms with Crippen molar-refractivity contribution >= 4 is 5.97 Å². The molecule has 2 heterocycles. The highest BCUT2D eigenvalue weighted by Gasteiger charge is 2.52. The predicted molar refractivity (Wildman–Crippen MR) is 69.7 cm³/mol. The zero-order valence-corrected chi connectivity index (χ0v) is 12.1. The van der Waals surface area contributed by atoms with E-state index in [0.717, 1.165) is 32.1 Å². The Morgan fingerprint density at radius 2 is 2.16 bits per heavy atom. The topological polar surface area (TPSA) is 51.4 Å². The molecule has 4 nitrogen and oxygen atoms in total. The summed E-state index contributed by atoms with van der Waals surface area (Å²) >= 11 is 0. The number of epoxide rings is 2. The number of carbonyl (C=O) groups excluding carboxylic acids is 1. The van der Waals surface area contributed by atoms with Gasteiger partial charge in [-0.15, -0.1) is 0 Å². The van der Waals surface area contributed by atoms with Crippen LogP contribution < -0.4 is 0 Å². The molecule has 4 heteroatoms. The van der Waals surface area contributed by atoms with E-state index in [4.69, 9.17) is 14.2 Å². The summed E-state index contributed by atoms with van der Waals surface area (Å²) in [7, 11) is 0. The van der Waals surface area contributed by atoms with Crippen LogP contribution in [0.15, 0.2) is 0 Å². The lowest BCUT2D eigenvalue weighted by atomic mass is 9.76. The Bertz CT molecular complexity index is 369. The molecule has 0 bridgehead atoms. The van der Waals surface area contributed by atoms with Gasteiger partial charge in [0.25, 0.3) is 0 Å². The summed E-state index contributed by atoms with van der Waals surface area (Å²) < 4.78 is 16.6. The molecular formula is C15H24O4. The van der Waals surface area contributed by atoms with Crippen molar-refractivity contribution in [1.82, 2.24) is 0 Å². The minimum atomic E-state index is -0.347. The van der Waals surface area contributed by atoms with Crippen LogP contribution in [-0.2, 0) is 19.0 Å². The van der Waals surface area contributed by atoms with Crippen LogP contribution in [0.25, 0.3) is 0 Å². The Kier molecular flexibility index (Phi) is 3.34. The van der Waals surface area contributed by atoms with Gasteiger partial charge in [-0.05, 0) is 39.5 Å². The molecule has 0 aromatic heterocycles. The maximum atomic E-state index is 12.3. The second-order valence-corrected chi connectivity index (χ2v) is 6.59. The van der Waals surface area contributed by atoms with E-state index in [1.54, 1.807) is 0 Å². The lowest BCUT2D eigenvalue weighted by Crippen LogP contribution is -2.36. The average molecular weight is 268 g/mol. The van der Waals surface area contributed by atoms with Gasteiger partial charge in [-0.1, -0.05) is 6.92 Å². The van der Waals surface area contributed by atoms with Gasteiger partial charge in [0.05, 0.1) is 29.8 Å². The second-order valence-electron chi connectivity index (χ2n) is 6.59. The Morgan fingerprint density at radius 1 is 1.37 bits per heavy atom. The van der Waals surface area contributed by atoms with Gasteiger partial charge < -0.3 is 14.2 Å². The van der Waals surface area contributed by atoms with E-state index in [2.05, 4.69) is 6.92 Å². The van der Waals surface area contributed by atoms with E-state index < -0.39 is 0 Å². The number of hydrogen-bond donors (Lipinski definition) is 0. The van der Waals surface area contributed by atoms with Crippen molar-refractivity contribution in [2.24, 2.45) is 5.41 Å². The molecule has 3 rings (SSSR count). The van der Waals surface area contributed by atoms with Gasteiger partial charge >= 0.3 is 5.97 Å². The van der Waals surface area contributed by atoms with Gasteiger partial charge in [-0.3, -0.25) is 4.79 Å². The van der Waals surface area contributed by atoms with E-state index in [9.17, 15) is 4.79 Å². The van der Waals surface area contributed by atoms with Crippen molar-refractivity contribution in [3.8, 4) is 0 Å². The minimum absolute atomic E-state index is 0.0521. The SMILES string of the molecule is CCC1OC1CC(C)OC(=O)C1(C)CCC2OC2C1. The van der Waals surface area contributed by atoms with Gasteiger partial charge in [0.15, 0.2) is 0 Å². The number of ether oxygens (including phenoxy) is 3. The lowest BCUT2D eigenvalue weighted by Gasteiger charge is -2.30. The molecule has 0 spiro atoms. The zero-order valence-electron chi connectivity index (χ0n) is 12.1. The summed E-state index contributed by atoms with van der Waals surface area (Å²) in [6.07, 6.45) is 5.92. The average Bonchev–Trinajstić information content (AvgIpc) is 3.23. The molecule has 0 N–H and O–H groups in total. The second kappa shape index (κ2) is 4.74. The molecule has 0 radical (unpaired) electrons. The monoisotopic (exact) mass is 268 g/mol. The number of carbonyl (C=O) groups is 1. The third-order valence-corrected chi connectivity index (χ3v) is 4.78. The van der Waals surface area contributed by atoms with Crippen LogP contribution in [0.1, 0.15) is 52.9 Å². The highest BCUT2D eigenvalue weighted by Crippen LogP contribution is 2.47. The molecule has 0 amide bonds. The fourth-order valence-electron chi connectivity index (χ4n) is 3.25. The van der Waals surface area contributed by atoms with Gasteiger partial charge in [0.1, 0.15) is 6.10 Å². The Balaban J connectivity index is 1.47. The molecule has 1 saturated carbocycles.